The van der Waals surface area contributed by atoms with E-state index < -0.39 is 10.0 Å². The largest absolute Gasteiger partial charge is 0.246 e. The van der Waals surface area contributed by atoms with Crippen molar-refractivity contribution in [3.8, 4) is 0 Å². The molecule has 1 rings (SSSR count). The summed E-state index contributed by atoms with van der Waals surface area (Å²) in [6.45, 7) is 2.84. The number of nitrogens with zero attached hydrogens (tertiary/aromatic N) is 1. The number of alkyl halides is 1. The van der Waals surface area contributed by atoms with E-state index in [2.05, 4.69) is 31.9 Å². The predicted molar refractivity (Wildman–Crippen MR) is 91.6 cm³/mol. The number of unbranched alkanes of at least 4 members (excludes halogenated alkanes) is 1. The van der Waals surface area contributed by atoms with Gasteiger partial charge in [0.25, 0.3) is 0 Å². The van der Waals surface area contributed by atoms with Crippen LogP contribution in [0.3, 0.4) is 0 Å². The van der Waals surface area contributed by atoms with Crippen molar-refractivity contribution in [2.24, 2.45) is 0 Å². The Bertz CT molecular complexity index is 544. The monoisotopic (exact) mass is 465 g/mol. The Hall–Kier alpha value is 0.670. The highest BCUT2D eigenvalue weighted by molar-refractivity contribution is 9.10. The molecular weight excluding hydrogens is 453 g/mol. The molecule has 114 valence electrons. The van der Waals surface area contributed by atoms with Crippen LogP contribution in [0.15, 0.2) is 21.5 Å². The van der Waals surface area contributed by atoms with Crippen LogP contribution in [-0.2, 0) is 10.0 Å². The van der Waals surface area contributed by atoms with Crippen LogP contribution in [0, 0.1) is 0 Å². The van der Waals surface area contributed by atoms with Crippen molar-refractivity contribution < 1.29 is 8.42 Å². The fraction of sp³-hybridized carbons (Fsp3) is 0.500. The lowest BCUT2D eigenvalue weighted by molar-refractivity contribution is 0.422. The van der Waals surface area contributed by atoms with Gasteiger partial charge in [0.2, 0.25) is 10.0 Å². The van der Waals surface area contributed by atoms with Gasteiger partial charge in [-0.2, -0.15) is 4.31 Å². The molecule has 0 spiro atoms. The van der Waals surface area contributed by atoms with E-state index in [4.69, 9.17) is 23.2 Å². The first-order valence-electron chi connectivity index (χ1n) is 6.05. The Morgan fingerprint density at radius 3 is 2.20 bits per heavy atom. The number of hydrogen-bond donors (Lipinski definition) is 0. The second-order valence-corrected chi connectivity index (χ2v) is 8.54. The van der Waals surface area contributed by atoms with Gasteiger partial charge in [-0.25, -0.2) is 8.42 Å². The van der Waals surface area contributed by atoms with Gasteiger partial charge in [-0.05, 0) is 18.6 Å². The highest BCUT2D eigenvalue weighted by atomic mass is 79.9. The molecule has 0 radical (unpaired) electrons. The molecule has 0 saturated carbocycles. The van der Waals surface area contributed by atoms with Crippen molar-refractivity contribution in [2.45, 2.75) is 24.7 Å². The van der Waals surface area contributed by atoms with Gasteiger partial charge in [0.1, 0.15) is 4.90 Å². The van der Waals surface area contributed by atoms with Crippen molar-refractivity contribution in [2.75, 3.05) is 18.4 Å². The van der Waals surface area contributed by atoms with E-state index in [0.29, 0.717) is 22.9 Å². The molecule has 0 aromatic heterocycles. The van der Waals surface area contributed by atoms with E-state index in [1.165, 1.54) is 16.4 Å². The van der Waals surface area contributed by atoms with Gasteiger partial charge >= 0.3 is 0 Å². The molecule has 0 saturated heterocycles. The third kappa shape index (κ3) is 4.58. The van der Waals surface area contributed by atoms with Crippen LogP contribution < -0.4 is 0 Å². The summed E-state index contributed by atoms with van der Waals surface area (Å²) in [5.74, 6) is 0. The zero-order valence-electron chi connectivity index (χ0n) is 10.9. The molecule has 0 bridgehead atoms. The zero-order chi connectivity index (χ0) is 15.3. The van der Waals surface area contributed by atoms with Crippen molar-refractivity contribution in [3.63, 3.8) is 0 Å². The topological polar surface area (TPSA) is 37.4 Å². The molecule has 3 nitrogen and oxygen atoms in total. The second kappa shape index (κ2) is 8.34. The summed E-state index contributed by atoms with van der Waals surface area (Å²) in [6, 6.07) is 3.07. The molecular formula is C12H15Br2Cl2NO2S. The summed E-state index contributed by atoms with van der Waals surface area (Å²) >= 11 is 18.6. The van der Waals surface area contributed by atoms with Gasteiger partial charge in [0.15, 0.2) is 0 Å². The second-order valence-electron chi connectivity index (χ2n) is 4.15. The summed E-state index contributed by atoms with van der Waals surface area (Å²) in [5, 5.41) is 0.808. The third-order valence-corrected chi connectivity index (χ3v) is 6.29. The molecule has 0 aliphatic rings. The SMILES string of the molecule is CCCCN(CCBr)S(=O)(=O)c1c(Cl)cc(Br)cc1Cl. The van der Waals surface area contributed by atoms with Gasteiger partial charge < -0.3 is 0 Å². The first-order valence-corrected chi connectivity index (χ1v) is 10.2. The number of sulfonamides is 1. The highest BCUT2D eigenvalue weighted by Gasteiger charge is 2.28. The molecule has 0 aliphatic heterocycles. The maximum Gasteiger partial charge on any atom is 0.246 e. The molecule has 0 unspecified atom stereocenters. The van der Waals surface area contributed by atoms with E-state index >= 15 is 0 Å². The first-order chi connectivity index (χ1) is 9.34. The Kier molecular flexibility index (Phi) is 7.81. The van der Waals surface area contributed by atoms with Gasteiger partial charge in [-0.3, -0.25) is 0 Å². The Labute approximate surface area is 146 Å². The quantitative estimate of drug-likeness (QED) is 0.532. The minimum Gasteiger partial charge on any atom is -0.207 e. The fourth-order valence-corrected chi connectivity index (χ4v) is 5.71. The molecule has 1 aromatic rings. The van der Waals surface area contributed by atoms with Crippen LogP contribution >= 0.6 is 55.1 Å². The number of benzene rings is 1. The Morgan fingerprint density at radius 1 is 1.20 bits per heavy atom. The zero-order valence-corrected chi connectivity index (χ0v) is 16.4. The lowest BCUT2D eigenvalue weighted by Crippen LogP contribution is -2.34. The average Bonchev–Trinajstić information content (AvgIpc) is 2.32. The maximum atomic E-state index is 12.7. The van der Waals surface area contributed by atoms with Gasteiger partial charge in [-0.1, -0.05) is 68.4 Å². The number of rotatable bonds is 7. The van der Waals surface area contributed by atoms with Crippen LogP contribution in [0.1, 0.15) is 19.8 Å². The molecule has 0 heterocycles. The highest BCUT2D eigenvalue weighted by Crippen LogP contribution is 2.34. The average molecular weight is 468 g/mol. The first kappa shape index (κ1) is 18.7. The van der Waals surface area contributed by atoms with Crippen LogP contribution in [0.5, 0.6) is 0 Å². The molecule has 0 fully saturated rings. The van der Waals surface area contributed by atoms with E-state index in [9.17, 15) is 8.42 Å². The summed E-state index contributed by atoms with van der Waals surface area (Å²) < 4.78 is 27.5. The molecule has 8 heteroatoms. The van der Waals surface area contributed by atoms with Gasteiger partial charge in [0.05, 0.1) is 10.0 Å². The van der Waals surface area contributed by atoms with E-state index in [1.807, 2.05) is 6.92 Å². The van der Waals surface area contributed by atoms with Crippen LogP contribution in [-0.4, -0.2) is 31.1 Å². The minimum absolute atomic E-state index is 0.0268. The smallest absolute Gasteiger partial charge is 0.207 e. The maximum absolute atomic E-state index is 12.7. The van der Waals surface area contributed by atoms with Crippen molar-refractivity contribution in [3.05, 3.63) is 26.7 Å². The summed E-state index contributed by atoms with van der Waals surface area (Å²) in [6.07, 6.45) is 1.70. The Balaban J connectivity index is 3.26. The molecule has 0 atom stereocenters. The van der Waals surface area contributed by atoms with Crippen LogP contribution in [0.2, 0.25) is 10.0 Å². The van der Waals surface area contributed by atoms with Gasteiger partial charge in [-0.15, -0.1) is 0 Å². The summed E-state index contributed by atoms with van der Waals surface area (Å²) in [4.78, 5) is -0.0268. The van der Waals surface area contributed by atoms with Crippen LogP contribution in [0.25, 0.3) is 0 Å². The third-order valence-electron chi connectivity index (χ3n) is 2.66. The van der Waals surface area contributed by atoms with E-state index in [-0.39, 0.29) is 14.9 Å². The predicted octanol–water partition coefficient (Wildman–Crippen LogP) is 4.94. The van der Waals surface area contributed by atoms with Crippen molar-refractivity contribution >= 4 is 65.1 Å². The van der Waals surface area contributed by atoms with Crippen LogP contribution in [0.4, 0.5) is 0 Å². The van der Waals surface area contributed by atoms with Crippen molar-refractivity contribution in [1.82, 2.24) is 4.31 Å². The standard InChI is InChI=1S/C12H15Br2Cl2NO2S/c1-2-3-5-17(6-4-13)20(18,19)12-10(15)7-9(14)8-11(12)16/h7-8H,2-6H2,1H3. The fourth-order valence-electron chi connectivity index (χ4n) is 1.69. The summed E-state index contributed by atoms with van der Waals surface area (Å²) in [5.41, 5.74) is 0. The molecule has 0 aliphatic carbocycles. The van der Waals surface area contributed by atoms with E-state index in [1.54, 1.807) is 0 Å². The van der Waals surface area contributed by atoms with E-state index in [0.717, 1.165) is 12.8 Å². The van der Waals surface area contributed by atoms with Gasteiger partial charge in [0, 0.05) is 22.9 Å². The normalized spacial score (nSPS) is 12.1. The molecule has 1 aromatic carbocycles. The molecule has 20 heavy (non-hydrogen) atoms. The van der Waals surface area contributed by atoms with Crippen molar-refractivity contribution in [1.29, 1.82) is 0 Å². The number of halogens is 4. The summed E-state index contributed by atoms with van der Waals surface area (Å²) in [7, 11) is -3.69. The molecule has 0 N–H and O–H groups in total. The lowest BCUT2D eigenvalue weighted by atomic mass is 10.3. The lowest BCUT2D eigenvalue weighted by Gasteiger charge is -2.22. The number of hydrogen-bond acceptors (Lipinski definition) is 2. The minimum atomic E-state index is -3.69. The molecule has 0 amide bonds. The Morgan fingerprint density at radius 2 is 1.75 bits per heavy atom.